The highest BCUT2D eigenvalue weighted by Gasteiger charge is 2.15. The summed E-state index contributed by atoms with van der Waals surface area (Å²) in [6.07, 6.45) is 3.71. The molecule has 0 aromatic heterocycles. The number of nitriles is 1. The number of hydrogen-bond donors (Lipinski definition) is 1. The number of benzene rings is 1. The molecule has 0 fully saturated rings. The maximum atomic E-state index is 8.85. The van der Waals surface area contributed by atoms with Crippen LogP contribution >= 0.6 is 0 Å². The summed E-state index contributed by atoms with van der Waals surface area (Å²) in [7, 11) is 0. The van der Waals surface area contributed by atoms with Gasteiger partial charge < -0.3 is 5.73 Å². The molecule has 0 radical (unpaired) electrons. The second-order valence-corrected chi connectivity index (χ2v) is 4.15. The van der Waals surface area contributed by atoms with Crippen LogP contribution < -0.4 is 5.73 Å². The predicted molar refractivity (Wildman–Crippen MR) is 69.6 cm³/mol. The first-order valence-corrected chi connectivity index (χ1v) is 5.73. The van der Waals surface area contributed by atoms with Crippen LogP contribution in [0, 0.1) is 18.3 Å². The van der Waals surface area contributed by atoms with E-state index in [1.54, 1.807) is 6.20 Å². The van der Waals surface area contributed by atoms with Crippen molar-refractivity contribution in [1.29, 1.82) is 5.26 Å². The summed E-state index contributed by atoms with van der Waals surface area (Å²) in [5.74, 6) is 0. The summed E-state index contributed by atoms with van der Waals surface area (Å²) in [5, 5.41) is 8.85. The number of aryl methyl sites for hydroxylation is 1. The average molecular weight is 225 g/mol. The Morgan fingerprint density at radius 3 is 2.88 bits per heavy atom. The van der Waals surface area contributed by atoms with Crippen molar-refractivity contribution >= 4 is 11.3 Å². The van der Waals surface area contributed by atoms with E-state index in [0.29, 0.717) is 5.56 Å². The summed E-state index contributed by atoms with van der Waals surface area (Å²) in [5.41, 5.74) is 10.6. The number of allylic oxidation sites excluding steroid dienone is 1. The predicted octanol–water partition coefficient (Wildman–Crippen LogP) is 2.40. The Labute approximate surface area is 101 Å². The van der Waals surface area contributed by atoms with Crippen LogP contribution in [-0.2, 0) is 0 Å². The molecule has 0 amide bonds. The van der Waals surface area contributed by atoms with Crippen molar-refractivity contribution in [2.75, 3.05) is 6.54 Å². The van der Waals surface area contributed by atoms with E-state index in [2.05, 4.69) is 11.1 Å². The lowest BCUT2D eigenvalue weighted by atomic mass is 9.95. The third-order valence-electron chi connectivity index (χ3n) is 3.00. The Kier molecular flexibility index (Phi) is 3.24. The van der Waals surface area contributed by atoms with Gasteiger partial charge in [0, 0.05) is 24.0 Å². The van der Waals surface area contributed by atoms with Crippen molar-refractivity contribution in [2.45, 2.75) is 19.8 Å². The standard InChI is InChI=1S/C14H15N3/c1-10-7-11(8-15)4-5-12(10)13(9-16)14-3-2-6-17-14/h4-5,7,9H,2-3,6,16H2,1H3. The first kappa shape index (κ1) is 11.4. The first-order valence-electron chi connectivity index (χ1n) is 5.73. The molecule has 2 rings (SSSR count). The third-order valence-corrected chi connectivity index (χ3v) is 3.00. The lowest BCUT2D eigenvalue weighted by molar-refractivity contribution is 0.951. The second-order valence-electron chi connectivity index (χ2n) is 4.15. The van der Waals surface area contributed by atoms with Gasteiger partial charge in [-0.15, -0.1) is 0 Å². The molecule has 3 heteroatoms. The van der Waals surface area contributed by atoms with Gasteiger partial charge in [-0.2, -0.15) is 5.26 Å². The van der Waals surface area contributed by atoms with Gasteiger partial charge in [0.2, 0.25) is 0 Å². The molecule has 0 saturated heterocycles. The molecule has 2 N–H and O–H groups in total. The fourth-order valence-corrected chi connectivity index (χ4v) is 2.14. The summed E-state index contributed by atoms with van der Waals surface area (Å²) < 4.78 is 0. The summed E-state index contributed by atoms with van der Waals surface area (Å²) in [4.78, 5) is 4.47. The number of nitrogens with two attached hydrogens (primary N) is 1. The van der Waals surface area contributed by atoms with Crippen molar-refractivity contribution in [3.8, 4) is 6.07 Å². The minimum atomic E-state index is 0.677. The maximum absolute atomic E-state index is 8.85. The van der Waals surface area contributed by atoms with Gasteiger partial charge in [-0.25, -0.2) is 0 Å². The van der Waals surface area contributed by atoms with E-state index in [9.17, 15) is 0 Å². The highest BCUT2D eigenvalue weighted by atomic mass is 14.8. The largest absolute Gasteiger partial charge is 0.404 e. The van der Waals surface area contributed by atoms with Gasteiger partial charge in [-0.3, -0.25) is 4.99 Å². The van der Waals surface area contributed by atoms with E-state index < -0.39 is 0 Å². The molecular formula is C14H15N3. The summed E-state index contributed by atoms with van der Waals surface area (Å²) in [6, 6.07) is 7.80. The van der Waals surface area contributed by atoms with Gasteiger partial charge in [0.05, 0.1) is 11.6 Å². The van der Waals surface area contributed by atoms with Crippen LogP contribution in [0.25, 0.3) is 5.57 Å². The van der Waals surface area contributed by atoms with Gasteiger partial charge in [0.25, 0.3) is 0 Å². The second kappa shape index (κ2) is 4.84. The van der Waals surface area contributed by atoms with E-state index in [0.717, 1.165) is 41.8 Å². The Morgan fingerprint density at radius 2 is 2.35 bits per heavy atom. The minimum Gasteiger partial charge on any atom is -0.404 e. The van der Waals surface area contributed by atoms with Crippen LogP contribution in [0.4, 0.5) is 0 Å². The molecule has 0 spiro atoms. The van der Waals surface area contributed by atoms with Crippen LogP contribution in [0.15, 0.2) is 29.4 Å². The van der Waals surface area contributed by atoms with E-state index >= 15 is 0 Å². The molecule has 0 bridgehead atoms. The maximum Gasteiger partial charge on any atom is 0.0991 e. The van der Waals surface area contributed by atoms with E-state index in [1.165, 1.54) is 0 Å². The molecule has 3 nitrogen and oxygen atoms in total. The third kappa shape index (κ3) is 2.21. The van der Waals surface area contributed by atoms with Crippen molar-refractivity contribution in [1.82, 2.24) is 0 Å². The van der Waals surface area contributed by atoms with E-state index in [4.69, 9.17) is 11.0 Å². The smallest absolute Gasteiger partial charge is 0.0991 e. The highest BCUT2D eigenvalue weighted by molar-refractivity contribution is 6.24. The lowest BCUT2D eigenvalue weighted by Gasteiger charge is -2.10. The molecule has 1 aromatic carbocycles. The fraction of sp³-hybridized carbons (Fsp3) is 0.286. The van der Waals surface area contributed by atoms with Crippen LogP contribution in [0.3, 0.4) is 0 Å². The van der Waals surface area contributed by atoms with Crippen LogP contribution in [-0.4, -0.2) is 12.3 Å². The van der Waals surface area contributed by atoms with Crippen molar-refractivity contribution < 1.29 is 0 Å². The average Bonchev–Trinajstić information content (AvgIpc) is 2.85. The molecule has 1 heterocycles. The van der Waals surface area contributed by atoms with Gasteiger partial charge in [0.1, 0.15) is 0 Å². The SMILES string of the molecule is Cc1cc(C#N)ccc1C(=CN)C1=NCCC1. The van der Waals surface area contributed by atoms with Crippen molar-refractivity contribution in [3.05, 3.63) is 41.1 Å². The van der Waals surface area contributed by atoms with Crippen LogP contribution in [0.2, 0.25) is 0 Å². The summed E-state index contributed by atoms with van der Waals surface area (Å²) in [6.45, 7) is 2.89. The van der Waals surface area contributed by atoms with Crippen LogP contribution in [0.5, 0.6) is 0 Å². The number of hydrogen-bond acceptors (Lipinski definition) is 3. The van der Waals surface area contributed by atoms with Gasteiger partial charge in [0.15, 0.2) is 0 Å². The molecule has 1 aliphatic heterocycles. The topological polar surface area (TPSA) is 62.2 Å². The van der Waals surface area contributed by atoms with Gasteiger partial charge >= 0.3 is 0 Å². The van der Waals surface area contributed by atoms with E-state index in [-0.39, 0.29) is 0 Å². The Balaban J connectivity index is 2.42. The monoisotopic (exact) mass is 225 g/mol. The zero-order valence-corrected chi connectivity index (χ0v) is 9.90. The molecule has 1 aromatic rings. The number of rotatable bonds is 2. The highest BCUT2D eigenvalue weighted by Crippen LogP contribution is 2.24. The van der Waals surface area contributed by atoms with Gasteiger partial charge in [-0.1, -0.05) is 6.07 Å². The molecule has 0 unspecified atom stereocenters. The lowest BCUT2D eigenvalue weighted by Crippen LogP contribution is -2.03. The molecule has 0 aliphatic carbocycles. The minimum absolute atomic E-state index is 0.677. The Bertz CT molecular complexity index is 533. The molecule has 86 valence electrons. The Morgan fingerprint density at radius 1 is 1.53 bits per heavy atom. The van der Waals surface area contributed by atoms with E-state index in [1.807, 2.05) is 25.1 Å². The fourth-order valence-electron chi connectivity index (χ4n) is 2.14. The molecule has 17 heavy (non-hydrogen) atoms. The number of aliphatic imine (C=N–C) groups is 1. The van der Waals surface area contributed by atoms with Crippen LogP contribution in [0.1, 0.15) is 29.5 Å². The normalized spacial score (nSPS) is 15.5. The molecular weight excluding hydrogens is 210 g/mol. The quantitative estimate of drug-likeness (QED) is 0.840. The number of nitrogens with zero attached hydrogens (tertiary/aromatic N) is 2. The Hall–Kier alpha value is -2.08. The molecule has 0 saturated carbocycles. The molecule has 1 aliphatic rings. The first-order chi connectivity index (χ1) is 8.26. The zero-order valence-electron chi connectivity index (χ0n) is 9.90. The van der Waals surface area contributed by atoms with Gasteiger partial charge in [-0.05, 0) is 43.0 Å². The zero-order chi connectivity index (χ0) is 12.3. The molecule has 0 atom stereocenters. The summed E-state index contributed by atoms with van der Waals surface area (Å²) >= 11 is 0. The van der Waals surface area contributed by atoms with Crippen molar-refractivity contribution in [2.24, 2.45) is 10.7 Å². The van der Waals surface area contributed by atoms with Crippen molar-refractivity contribution in [3.63, 3.8) is 0 Å².